The van der Waals surface area contributed by atoms with E-state index in [2.05, 4.69) is 37.0 Å². The molecule has 0 amide bonds. The Morgan fingerprint density at radius 1 is 1.19 bits per heavy atom. The van der Waals surface area contributed by atoms with Crippen LogP contribution in [0.2, 0.25) is 0 Å². The summed E-state index contributed by atoms with van der Waals surface area (Å²) < 4.78 is 13.6. The number of benzene rings is 2. The third-order valence-corrected chi connectivity index (χ3v) is 7.73. The zero-order chi connectivity index (χ0) is 26.3. The minimum Gasteiger partial charge on any atom is -0.485 e. The van der Waals surface area contributed by atoms with Gasteiger partial charge in [-0.3, -0.25) is 9.36 Å². The number of aromatic nitrogens is 1. The lowest BCUT2D eigenvalue weighted by molar-refractivity contribution is -0.139. The molecule has 0 radical (unpaired) electrons. The third kappa shape index (κ3) is 4.60. The first kappa shape index (κ1) is 25.0. The molecule has 0 bridgehead atoms. The SMILES string of the molecule is CCOC(=O)C1=C(C)N=c2s/c(=C/C3=Cc4ccccc4O[C@H]3C)c(=O)n2[C@H]1c1ccc(C(C)C)cc1. The van der Waals surface area contributed by atoms with Crippen LogP contribution in [0.15, 0.2) is 75.2 Å². The topological polar surface area (TPSA) is 69.9 Å². The maximum absolute atomic E-state index is 13.9. The number of carbonyl (C=O) groups is 1. The molecular weight excluding hydrogens is 484 g/mol. The van der Waals surface area contributed by atoms with Crippen molar-refractivity contribution in [3.05, 3.63) is 102 Å². The molecule has 2 atom stereocenters. The Kier molecular flexibility index (Phi) is 6.73. The highest BCUT2D eigenvalue weighted by atomic mass is 32.1. The van der Waals surface area contributed by atoms with E-state index in [-0.39, 0.29) is 18.3 Å². The molecule has 3 aromatic rings. The van der Waals surface area contributed by atoms with Crippen molar-refractivity contribution in [3.8, 4) is 5.75 Å². The smallest absolute Gasteiger partial charge is 0.338 e. The average Bonchev–Trinajstić information content (AvgIpc) is 3.18. The predicted octanol–water partition coefficient (Wildman–Crippen LogP) is 4.74. The van der Waals surface area contributed by atoms with Crippen LogP contribution in [0.5, 0.6) is 5.75 Å². The minimum absolute atomic E-state index is 0.192. The number of ether oxygens (including phenoxy) is 2. The fraction of sp³-hybridized carbons (Fsp3) is 0.300. The number of rotatable bonds is 5. The van der Waals surface area contributed by atoms with Crippen LogP contribution in [0.1, 0.15) is 63.3 Å². The largest absolute Gasteiger partial charge is 0.485 e. The Hall–Kier alpha value is -3.71. The van der Waals surface area contributed by atoms with E-state index in [1.54, 1.807) is 18.4 Å². The van der Waals surface area contributed by atoms with Gasteiger partial charge in [0, 0.05) is 5.56 Å². The summed E-state index contributed by atoms with van der Waals surface area (Å²) in [6.45, 7) is 10.1. The normalized spacial score (nSPS) is 19.1. The summed E-state index contributed by atoms with van der Waals surface area (Å²) in [6.07, 6.45) is 3.73. The molecule has 0 fully saturated rings. The minimum atomic E-state index is -0.617. The molecule has 3 heterocycles. The number of para-hydroxylation sites is 1. The van der Waals surface area contributed by atoms with Crippen LogP contribution in [-0.4, -0.2) is 23.2 Å². The molecule has 0 N–H and O–H groups in total. The Bertz CT molecular complexity index is 1610. The molecule has 0 aliphatic carbocycles. The van der Waals surface area contributed by atoms with Crippen molar-refractivity contribution >= 4 is 29.5 Å². The molecule has 2 aliphatic rings. The van der Waals surface area contributed by atoms with Crippen LogP contribution in [-0.2, 0) is 9.53 Å². The summed E-state index contributed by atoms with van der Waals surface area (Å²) in [6, 6.07) is 15.3. The van der Waals surface area contributed by atoms with E-state index in [0.717, 1.165) is 22.4 Å². The summed E-state index contributed by atoms with van der Waals surface area (Å²) in [5, 5.41) is 0. The number of allylic oxidation sites excluding steroid dienone is 1. The van der Waals surface area contributed by atoms with Crippen molar-refractivity contribution in [2.24, 2.45) is 4.99 Å². The molecule has 1 aromatic heterocycles. The molecule has 2 aromatic carbocycles. The molecule has 2 aliphatic heterocycles. The van der Waals surface area contributed by atoms with Gasteiger partial charge in [-0.2, -0.15) is 0 Å². The van der Waals surface area contributed by atoms with Crippen LogP contribution in [0, 0.1) is 0 Å². The maximum Gasteiger partial charge on any atom is 0.338 e. The standard InChI is InChI=1S/C30H30N2O4S/c1-6-35-29(34)26-18(4)31-30-32(27(26)21-13-11-20(12-14-21)17(2)3)28(33)25(37-30)16-23-15-22-9-7-8-10-24(22)36-19(23)5/h7-17,19,27H,6H2,1-5H3/b25-16+/t19-,27-/m0/s1. The van der Waals surface area contributed by atoms with Gasteiger partial charge in [0.25, 0.3) is 5.56 Å². The number of thiazole rings is 1. The second-order valence-electron chi connectivity index (χ2n) is 9.57. The van der Waals surface area contributed by atoms with Crippen molar-refractivity contribution in [1.29, 1.82) is 0 Å². The molecule has 0 saturated heterocycles. The molecule has 37 heavy (non-hydrogen) atoms. The van der Waals surface area contributed by atoms with Crippen LogP contribution in [0.25, 0.3) is 12.2 Å². The predicted molar refractivity (Wildman–Crippen MR) is 146 cm³/mol. The highest BCUT2D eigenvalue weighted by Crippen LogP contribution is 2.32. The van der Waals surface area contributed by atoms with Crippen molar-refractivity contribution in [2.45, 2.75) is 52.7 Å². The van der Waals surface area contributed by atoms with Gasteiger partial charge in [-0.1, -0.05) is 67.6 Å². The summed E-state index contributed by atoms with van der Waals surface area (Å²) >= 11 is 1.32. The third-order valence-electron chi connectivity index (χ3n) is 6.75. The van der Waals surface area contributed by atoms with Crippen molar-refractivity contribution in [3.63, 3.8) is 0 Å². The first-order valence-corrected chi connectivity index (χ1v) is 13.4. The number of carbonyl (C=O) groups excluding carboxylic acids is 1. The number of esters is 1. The van der Waals surface area contributed by atoms with Gasteiger partial charge < -0.3 is 9.47 Å². The number of hydrogen-bond acceptors (Lipinski definition) is 6. The summed E-state index contributed by atoms with van der Waals surface area (Å²) in [4.78, 5) is 32.2. The van der Waals surface area contributed by atoms with Crippen LogP contribution in [0.3, 0.4) is 0 Å². The van der Waals surface area contributed by atoms with Crippen LogP contribution in [0.4, 0.5) is 0 Å². The van der Waals surface area contributed by atoms with Crippen molar-refractivity contribution < 1.29 is 14.3 Å². The lowest BCUT2D eigenvalue weighted by atomic mass is 9.93. The van der Waals surface area contributed by atoms with E-state index in [1.165, 1.54) is 16.9 Å². The Balaban J connectivity index is 1.68. The molecule has 0 unspecified atom stereocenters. The summed E-state index contributed by atoms with van der Waals surface area (Å²) in [5.41, 5.74) is 4.67. The van der Waals surface area contributed by atoms with Crippen LogP contribution < -0.4 is 19.6 Å². The maximum atomic E-state index is 13.9. The van der Waals surface area contributed by atoms with Gasteiger partial charge in [0.1, 0.15) is 11.9 Å². The Morgan fingerprint density at radius 3 is 2.62 bits per heavy atom. The zero-order valence-corrected chi connectivity index (χ0v) is 22.5. The zero-order valence-electron chi connectivity index (χ0n) is 21.6. The van der Waals surface area contributed by atoms with Gasteiger partial charge in [0.2, 0.25) is 0 Å². The van der Waals surface area contributed by atoms with Gasteiger partial charge >= 0.3 is 5.97 Å². The molecular formula is C30H30N2O4S. The Labute approximate surface area is 219 Å². The quantitative estimate of drug-likeness (QED) is 0.462. The van der Waals surface area contributed by atoms with Crippen LogP contribution >= 0.6 is 11.3 Å². The highest BCUT2D eigenvalue weighted by molar-refractivity contribution is 7.07. The highest BCUT2D eigenvalue weighted by Gasteiger charge is 2.33. The molecule has 5 rings (SSSR count). The van der Waals surface area contributed by atoms with Gasteiger partial charge in [0.05, 0.1) is 28.5 Å². The summed E-state index contributed by atoms with van der Waals surface area (Å²) in [5.74, 6) is 0.744. The van der Waals surface area contributed by atoms with E-state index >= 15 is 0 Å². The molecule has 0 saturated carbocycles. The fourth-order valence-corrected chi connectivity index (χ4v) is 5.79. The second-order valence-corrected chi connectivity index (χ2v) is 10.6. The average molecular weight is 515 g/mol. The summed E-state index contributed by atoms with van der Waals surface area (Å²) in [7, 11) is 0. The van der Waals surface area contributed by atoms with Gasteiger partial charge in [-0.15, -0.1) is 0 Å². The van der Waals surface area contributed by atoms with E-state index in [9.17, 15) is 9.59 Å². The molecule has 190 valence electrons. The van der Waals surface area contributed by atoms with E-state index in [4.69, 9.17) is 9.47 Å². The number of nitrogens with zero attached hydrogens (tertiary/aromatic N) is 2. The first-order valence-electron chi connectivity index (χ1n) is 12.5. The molecule has 6 nitrogen and oxygen atoms in total. The number of hydrogen-bond donors (Lipinski definition) is 0. The fourth-order valence-electron chi connectivity index (χ4n) is 4.74. The van der Waals surface area contributed by atoms with Crippen molar-refractivity contribution in [1.82, 2.24) is 4.57 Å². The van der Waals surface area contributed by atoms with E-state index < -0.39 is 12.0 Å². The Morgan fingerprint density at radius 2 is 1.92 bits per heavy atom. The molecule has 7 heteroatoms. The monoisotopic (exact) mass is 514 g/mol. The second kappa shape index (κ2) is 9.98. The van der Waals surface area contributed by atoms with Gasteiger partial charge in [0.15, 0.2) is 4.80 Å². The van der Waals surface area contributed by atoms with E-state index in [1.807, 2.05) is 49.4 Å². The lowest BCUT2D eigenvalue weighted by Gasteiger charge is -2.25. The van der Waals surface area contributed by atoms with Crippen molar-refractivity contribution in [2.75, 3.05) is 6.61 Å². The number of fused-ring (bicyclic) bond motifs is 2. The first-order chi connectivity index (χ1) is 17.8. The lowest BCUT2D eigenvalue weighted by Crippen LogP contribution is -2.40. The molecule has 0 spiro atoms. The van der Waals surface area contributed by atoms with Gasteiger partial charge in [-0.05, 0) is 61.6 Å². The van der Waals surface area contributed by atoms with E-state index in [0.29, 0.717) is 26.5 Å². The van der Waals surface area contributed by atoms with Gasteiger partial charge in [-0.25, -0.2) is 9.79 Å².